The fourth-order valence-electron chi connectivity index (χ4n) is 6.63. The van der Waals surface area contributed by atoms with E-state index in [1.165, 1.54) is 4.90 Å². The Balaban J connectivity index is 1.63. The third kappa shape index (κ3) is 5.24. The number of carbonyl (C=O) groups excluding carboxylic acids is 4. The Hall–Kier alpha value is -3.21. The highest BCUT2D eigenvalue weighted by molar-refractivity contribution is 6.30. The number of rotatable bonds is 5. The fourth-order valence-corrected chi connectivity index (χ4v) is 6.75. The van der Waals surface area contributed by atoms with Crippen LogP contribution in [0.15, 0.2) is 48.6 Å². The highest BCUT2D eigenvalue weighted by Gasteiger charge is 2.72. The van der Waals surface area contributed by atoms with Gasteiger partial charge in [0.1, 0.15) is 23.7 Å². The summed E-state index contributed by atoms with van der Waals surface area (Å²) in [6.45, 7) is 5.56. The van der Waals surface area contributed by atoms with Gasteiger partial charge in [0.05, 0.1) is 31.2 Å². The maximum Gasteiger partial charge on any atom is 0.313 e. The van der Waals surface area contributed by atoms with Crippen LogP contribution in [0.1, 0.15) is 40.0 Å². The number of carbonyl (C=O) groups is 4. The van der Waals surface area contributed by atoms with E-state index in [2.05, 4.69) is 5.32 Å². The molecule has 0 radical (unpaired) electrons. The van der Waals surface area contributed by atoms with Gasteiger partial charge in [-0.3, -0.25) is 19.2 Å². The molecular formula is C31H38ClN3O7. The van der Waals surface area contributed by atoms with Crippen molar-refractivity contribution >= 4 is 41.0 Å². The quantitative estimate of drug-likeness (QED) is 0.394. The lowest BCUT2D eigenvalue weighted by Crippen LogP contribution is -2.59. The SMILES string of the molecule is CC[C@H](C)[C@H](CO)N1C(=O)[C@@H]2[C@H]3C(=O)O[C@H](C)CNC(=O)CC/C=C\[C@H]3O[C@@]23C=CCN(c2ccc(Cl)cc2)C(=O)[C@@H]13. The molecule has 42 heavy (non-hydrogen) atoms. The molecule has 0 aromatic heterocycles. The summed E-state index contributed by atoms with van der Waals surface area (Å²) in [7, 11) is 0. The summed E-state index contributed by atoms with van der Waals surface area (Å²) in [5.74, 6) is -3.83. The smallest absolute Gasteiger partial charge is 0.313 e. The van der Waals surface area contributed by atoms with Crippen LogP contribution in [-0.2, 0) is 28.7 Å². The molecule has 1 aromatic carbocycles. The normalized spacial score (nSPS) is 33.8. The summed E-state index contributed by atoms with van der Waals surface area (Å²) in [5, 5.41) is 13.8. The maximum absolute atomic E-state index is 14.6. The van der Waals surface area contributed by atoms with E-state index in [0.29, 0.717) is 23.6 Å². The number of benzene rings is 1. The summed E-state index contributed by atoms with van der Waals surface area (Å²) in [4.78, 5) is 58.1. The van der Waals surface area contributed by atoms with E-state index in [1.54, 1.807) is 60.4 Å². The lowest BCUT2D eigenvalue weighted by molar-refractivity contribution is -0.159. The fraction of sp³-hybridized carbons (Fsp3) is 0.548. The van der Waals surface area contributed by atoms with Gasteiger partial charge in [-0.25, -0.2) is 0 Å². The van der Waals surface area contributed by atoms with Crippen LogP contribution in [0.2, 0.25) is 5.02 Å². The van der Waals surface area contributed by atoms with Crippen LogP contribution >= 0.6 is 11.6 Å². The van der Waals surface area contributed by atoms with Gasteiger partial charge in [-0.15, -0.1) is 0 Å². The lowest BCUT2D eigenvalue weighted by atomic mass is 9.78. The van der Waals surface area contributed by atoms with Crippen LogP contribution in [0, 0.1) is 17.8 Å². The number of amides is 3. The predicted molar refractivity (Wildman–Crippen MR) is 155 cm³/mol. The zero-order valence-corrected chi connectivity index (χ0v) is 24.8. The maximum atomic E-state index is 14.6. The molecule has 11 heteroatoms. The number of fused-ring (bicyclic) bond motifs is 2. The van der Waals surface area contributed by atoms with Crippen LogP contribution in [0.4, 0.5) is 5.69 Å². The van der Waals surface area contributed by atoms with Crippen LogP contribution in [0.5, 0.6) is 0 Å². The molecule has 226 valence electrons. The van der Waals surface area contributed by atoms with E-state index in [9.17, 15) is 24.3 Å². The van der Waals surface area contributed by atoms with Gasteiger partial charge in [-0.2, -0.15) is 0 Å². The average Bonchev–Trinajstić information content (AvgIpc) is 3.35. The Bertz CT molecular complexity index is 1280. The first-order chi connectivity index (χ1) is 20.1. The second kappa shape index (κ2) is 12.2. The number of hydrogen-bond donors (Lipinski definition) is 2. The molecule has 3 amide bonds. The molecule has 10 nitrogen and oxygen atoms in total. The zero-order valence-electron chi connectivity index (χ0n) is 24.1. The molecule has 2 fully saturated rings. The van der Waals surface area contributed by atoms with Crippen molar-refractivity contribution in [3.05, 3.63) is 53.6 Å². The molecule has 5 rings (SSSR count). The second-order valence-electron chi connectivity index (χ2n) is 11.6. The molecule has 8 atom stereocenters. The Labute approximate surface area is 250 Å². The zero-order chi connectivity index (χ0) is 30.2. The van der Waals surface area contributed by atoms with Gasteiger partial charge in [-0.05, 0) is 43.5 Å². The summed E-state index contributed by atoms with van der Waals surface area (Å²) in [6.07, 6.45) is 6.84. The monoisotopic (exact) mass is 599 g/mol. The van der Waals surface area contributed by atoms with E-state index in [0.717, 1.165) is 0 Å². The minimum atomic E-state index is -1.48. The third-order valence-corrected chi connectivity index (χ3v) is 9.21. The molecule has 0 aliphatic carbocycles. The summed E-state index contributed by atoms with van der Waals surface area (Å²) >= 11 is 6.11. The number of ether oxygens (including phenoxy) is 2. The topological polar surface area (TPSA) is 125 Å². The van der Waals surface area contributed by atoms with Gasteiger partial charge in [0.25, 0.3) is 5.91 Å². The van der Waals surface area contributed by atoms with Gasteiger partial charge < -0.3 is 29.7 Å². The first-order valence-corrected chi connectivity index (χ1v) is 15.0. The molecule has 4 aliphatic heterocycles. The number of hydrogen-bond acceptors (Lipinski definition) is 7. The minimum absolute atomic E-state index is 0.138. The summed E-state index contributed by atoms with van der Waals surface area (Å²) < 4.78 is 12.4. The van der Waals surface area contributed by atoms with Crippen LogP contribution in [-0.4, -0.2) is 83.3 Å². The molecule has 4 heterocycles. The number of allylic oxidation sites excluding steroid dienone is 1. The van der Waals surface area contributed by atoms with Crippen LogP contribution in [0.3, 0.4) is 0 Å². The second-order valence-corrected chi connectivity index (χ2v) is 12.0. The average molecular weight is 600 g/mol. The first-order valence-electron chi connectivity index (χ1n) is 14.6. The van der Waals surface area contributed by atoms with Gasteiger partial charge >= 0.3 is 5.97 Å². The van der Waals surface area contributed by atoms with E-state index in [-0.39, 0.29) is 43.8 Å². The Kier molecular flexibility index (Phi) is 8.78. The molecule has 0 unspecified atom stereocenters. The molecular weight excluding hydrogens is 562 g/mol. The van der Waals surface area contributed by atoms with Crippen molar-refractivity contribution < 1.29 is 33.8 Å². The number of nitrogens with zero attached hydrogens (tertiary/aromatic N) is 2. The predicted octanol–water partition coefficient (Wildman–Crippen LogP) is 2.63. The van der Waals surface area contributed by atoms with E-state index < -0.39 is 53.6 Å². The van der Waals surface area contributed by atoms with Gasteiger partial charge in [0, 0.05) is 23.7 Å². The van der Waals surface area contributed by atoms with Crippen molar-refractivity contribution in [2.24, 2.45) is 17.8 Å². The van der Waals surface area contributed by atoms with Gasteiger partial charge in [0.15, 0.2) is 0 Å². The number of esters is 1. The third-order valence-electron chi connectivity index (χ3n) is 8.96. The molecule has 2 N–H and O–H groups in total. The van der Waals surface area contributed by atoms with Crippen LogP contribution < -0.4 is 10.2 Å². The highest BCUT2D eigenvalue weighted by atomic mass is 35.5. The van der Waals surface area contributed by atoms with Crippen molar-refractivity contribution in [1.82, 2.24) is 10.2 Å². The molecule has 4 aliphatic rings. The largest absolute Gasteiger partial charge is 0.460 e. The number of cyclic esters (lactones) is 1. The van der Waals surface area contributed by atoms with Gasteiger partial charge in [-0.1, -0.05) is 56.2 Å². The lowest BCUT2D eigenvalue weighted by Gasteiger charge is -2.40. The standard InChI is InChI=1S/C31H38ClN3O7/c1-4-18(2)22(17-36)35-27-29(39)34(21-12-10-20(32)11-13-21)15-7-14-31(27)26(28(35)38)25-23(42-31)8-5-6-9-24(37)33-16-19(3)41-30(25)40/h5,7-8,10-14,18-19,22-23,25-27,36H,4,6,9,15-17H2,1-3H3,(H,33,37)/b8-5-/t18-,19+,22-,23+,25-,26-,27+,31-/m0/s1. The minimum Gasteiger partial charge on any atom is -0.460 e. The van der Waals surface area contributed by atoms with Crippen molar-refractivity contribution in [3.8, 4) is 0 Å². The van der Waals surface area contributed by atoms with E-state index in [1.807, 2.05) is 13.8 Å². The number of anilines is 1. The Morgan fingerprint density at radius 3 is 2.57 bits per heavy atom. The van der Waals surface area contributed by atoms with E-state index >= 15 is 0 Å². The molecule has 0 bridgehead atoms. The van der Waals surface area contributed by atoms with Crippen molar-refractivity contribution in [2.75, 3.05) is 24.6 Å². The number of aliphatic hydroxyl groups excluding tert-OH is 1. The van der Waals surface area contributed by atoms with Gasteiger partial charge in [0.2, 0.25) is 11.8 Å². The molecule has 2 saturated heterocycles. The Morgan fingerprint density at radius 2 is 1.88 bits per heavy atom. The molecule has 0 saturated carbocycles. The number of likely N-dealkylation sites (tertiary alicyclic amines) is 1. The summed E-state index contributed by atoms with van der Waals surface area (Å²) in [5.41, 5.74) is -0.882. The van der Waals surface area contributed by atoms with Crippen LogP contribution in [0.25, 0.3) is 0 Å². The number of aliphatic hydroxyl groups is 1. The van der Waals surface area contributed by atoms with E-state index in [4.69, 9.17) is 21.1 Å². The number of halogens is 1. The molecule has 1 aromatic rings. The van der Waals surface area contributed by atoms with Crippen molar-refractivity contribution in [2.45, 2.75) is 69.9 Å². The summed E-state index contributed by atoms with van der Waals surface area (Å²) in [6, 6.07) is 5.05. The van der Waals surface area contributed by atoms with Crippen molar-refractivity contribution in [3.63, 3.8) is 0 Å². The highest BCUT2D eigenvalue weighted by Crippen LogP contribution is 2.54. The van der Waals surface area contributed by atoms with Crippen molar-refractivity contribution in [1.29, 1.82) is 0 Å². The first kappa shape index (κ1) is 30.3. The number of nitrogens with one attached hydrogen (secondary N) is 1. The molecule has 1 spiro atoms. The Morgan fingerprint density at radius 1 is 1.14 bits per heavy atom.